The molecule has 0 amide bonds. The minimum Gasteiger partial charge on any atom is -0.371 e. The normalized spacial score (nSPS) is 19.6. The number of nitrogens with zero attached hydrogens (tertiary/aromatic N) is 2. The first kappa shape index (κ1) is 23.3. The Morgan fingerprint density at radius 3 is 2.44 bits per heavy atom. The van der Waals surface area contributed by atoms with Gasteiger partial charge in [-0.15, -0.1) is 0 Å². The van der Waals surface area contributed by atoms with Gasteiger partial charge in [0, 0.05) is 44.1 Å². The highest BCUT2D eigenvalue weighted by Crippen LogP contribution is 2.40. The quantitative estimate of drug-likeness (QED) is 0.541. The Kier molecular flexibility index (Phi) is 5.16. The second-order valence-electron chi connectivity index (χ2n) is 10.9. The zero-order valence-electron chi connectivity index (χ0n) is 21.1. The predicted molar refractivity (Wildman–Crippen MR) is 140 cm³/mol. The van der Waals surface area contributed by atoms with Gasteiger partial charge in [-0.2, -0.15) is 8.42 Å². The average Bonchev–Trinajstić information content (AvgIpc) is 3.13. The lowest BCUT2D eigenvalue weighted by molar-refractivity contribution is 0.401. The molecule has 5 nitrogen and oxygen atoms in total. The van der Waals surface area contributed by atoms with Crippen molar-refractivity contribution in [1.82, 2.24) is 4.58 Å². The van der Waals surface area contributed by atoms with Crippen LogP contribution in [0, 0.1) is 0 Å². The minimum atomic E-state index is -4.15. The van der Waals surface area contributed by atoms with Crippen molar-refractivity contribution in [2.24, 2.45) is 0 Å². The van der Waals surface area contributed by atoms with Crippen molar-refractivity contribution < 1.29 is 13.0 Å². The molecule has 0 aromatic heterocycles. The molecule has 0 fully saturated rings. The maximum Gasteiger partial charge on any atom is 0.269 e. The molecule has 0 radical (unpaired) electrons. The van der Waals surface area contributed by atoms with E-state index < -0.39 is 10.1 Å². The third kappa shape index (κ3) is 3.54. The summed E-state index contributed by atoms with van der Waals surface area (Å²) >= 11 is 0. The van der Waals surface area contributed by atoms with Gasteiger partial charge in [0.05, 0.1) is 5.56 Å². The van der Waals surface area contributed by atoms with Crippen LogP contribution in [0.25, 0.3) is 11.6 Å². The van der Waals surface area contributed by atoms with Crippen LogP contribution >= 0.6 is 0 Å². The largest absolute Gasteiger partial charge is 0.371 e. The number of anilines is 1. The van der Waals surface area contributed by atoms with Gasteiger partial charge in [-0.1, -0.05) is 13.8 Å². The van der Waals surface area contributed by atoms with E-state index in [1.807, 2.05) is 6.08 Å². The van der Waals surface area contributed by atoms with Gasteiger partial charge in [-0.3, -0.25) is 4.55 Å². The maximum absolute atomic E-state index is 11.9. The van der Waals surface area contributed by atoms with Crippen LogP contribution in [0.3, 0.4) is 0 Å². The third-order valence-corrected chi connectivity index (χ3v) is 8.64. The highest BCUT2D eigenvalue weighted by atomic mass is 32.2. The second kappa shape index (κ2) is 7.53. The van der Waals surface area contributed by atoms with E-state index in [1.165, 1.54) is 27.9 Å². The molecular formula is C28H35N2O3S+. The van der Waals surface area contributed by atoms with Crippen LogP contribution in [0.1, 0.15) is 69.4 Å². The smallest absolute Gasteiger partial charge is 0.269 e. The van der Waals surface area contributed by atoms with Crippen molar-refractivity contribution in [3.8, 4) is 0 Å². The van der Waals surface area contributed by atoms with Crippen LogP contribution in [0.15, 0.2) is 30.3 Å². The molecule has 0 saturated carbocycles. The summed E-state index contributed by atoms with van der Waals surface area (Å²) in [6.45, 7) is 16.0. The monoisotopic (exact) mass is 479 g/mol. The summed E-state index contributed by atoms with van der Waals surface area (Å²) in [7, 11) is -4.15. The van der Waals surface area contributed by atoms with Crippen molar-refractivity contribution in [2.45, 2.75) is 58.9 Å². The van der Waals surface area contributed by atoms with Gasteiger partial charge in [0.2, 0.25) is 5.36 Å². The summed E-state index contributed by atoms with van der Waals surface area (Å²) in [4.78, 5) is 2.46. The fourth-order valence-electron chi connectivity index (χ4n) is 6.36. The lowest BCUT2D eigenvalue weighted by Crippen LogP contribution is -2.50. The molecule has 5 rings (SSSR count). The molecule has 2 aromatic rings. The fourth-order valence-corrected chi connectivity index (χ4v) is 6.99. The Hall–Kier alpha value is -2.44. The van der Waals surface area contributed by atoms with Gasteiger partial charge in [-0.05, 0) is 83.7 Å². The predicted octanol–water partition coefficient (Wildman–Crippen LogP) is 3.11. The van der Waals surface area contributed by atoms with Gasteiger partial charge in [-0.25, -0.2) is 4.58 Å². The summed E-state index contributed by atoms with van der Waals surface area (Å²) in [6, 6.07) is 9.14. The standard InChI is InChI=1S/C28H34N2O3S/c1-7-29-10-9-18-11-19-12-20-13-22-21(17-34(31,32)33)16-27(3,4)30(8-2)26(22)15-24(20)28(5,6)23(19)14-25(18)29/h11-16H,7-10,17H2,1-6H3/p+1. The number of rotatable bonds is 4. The molecule has 2 aromatic carbocycles. The highest BCUT2D eigenvalue weighted by molar-refractivity contribution is 7.86. The molecule has 1 aliphatic carbocycles. The van der Waals surface area contributed by atoms with Crippen LogP contribution in [-0.4, -0.2) is 43.9 Å². The van der Waals surface area contributed by atoms with Crippen LogP contribution in [-0.2, 0) is 22.0 Å². The summed E-state index contributed by atoms with van der Waals surface area (Å²) in [6.07, 6.45) is 5.32. The molecule has 0 bridgehead atoms. The number of likely N-dealkylation sites (N-methyl/N-ethyl adjacent to an activating group) is 2. The molecule has 0 atom stereocenters. The maximum atomic E-state index is 11.9. The molecule has 6 heteroatoms. The zero-order chi connectivity index (χ0) is 24.6. The second-order valence-corrected chi connectivity index (χ2v) is 12.4. The van der Waals surface area contributed by atoms with Crippen LogP contribution in [0.5, 0.6) is 0 Å². The zero-order valence-corrected chi connectivity index (χ0v) is 21.9. The van der Waals surface area contributed by atoms with Crippen LogP contribution in [0.4, 0.5) is 5.69 Å². The molecule has 0 unspecified atom stereocenters. The van der Waals surface area contributed by atoms with Gasteiger partial charge in [0.25, 0.3) is 10.1 Å². The lowest BCUT2D eigenvalue weighted by atomic mass is 9.71. The summed E-state index contributed by atoms with van der Waals surface area (Å²) in [5, 5.41) is 2.16. The molecule has 1 N–H and O–H groups in total. The van der Waals surface area contributed by atoms with Crippen molar-refractivity contribution >= 4 is 27.5 Å². The van der Waals surface area contributed by atoms with Gasteiger partial charge in [0.1, 0.15) is 12.3 Å². The number of hydrogen-bond acceptors (Lipinski definition) is 3. The third-order valence-electron chi connectivity index (χ3n) is 7.96. The molecule has 2 heterocycles. The van der Waals surface area contributed by atoms with Gasteiger partial charge < -0.3 is 4.90 Å². The number of benzene rings is 2. The van der Waals surface area contributed by atoms with Crippen molar-refractivity contribution in [2.75, 3.05) is 30.3 Å². The molecule has 0 saturated heterocycles. The minimum absolute atomic E-state index is 0.195. The van der Waals surface area contributed by atoms with E-state index in [0.29, 0.717) is 5.57 Å². The fraction of sp³-hybridized carbons (Fsp3) is 0.464. The first-order valence-electron chi connectivity index (χ1n) is 12.3. The average molecular weight is 480 g/mol. The van der Waals surface area contributed by atoms with Gasteiger partial charge >= 0.3 is 0 Å². The Morgan fingerprint density at radius 1 is 1.06 bits per heavy atom. The first-order valence-corrected chi connectivity index (χ1v) is 13.9. The van der Waals surface area contributed by atoms with E-state index in [4.69, 9.17) is 0 Å². The van der Waals surface area contributed by atoms with Crippen LogP contribution < -0.4 is 20.1 Å². The summed E-state index contributed by atoms with van der Waals surface area (Å²) in [5.74, 6) is -0.375. The lowest BCUT2D eigenvalue weighted by Gasteiger charge is -2.34. The van der Waals surface area contributed by atoms with E-state index in [1.54, 1.807) is 0 Å². The van der Waals surface area contributed by atoms with Crippen molar-refractivity contribution in [1.29, 1.82) is 0 Å². The summed E-state index contributed by atoms with van der Waals surface area (Å²) < 4.78 is 35.8. The Balaban J connectivity index is 1.81. The highest BCUT2D eigenvalue weighted by Gasteiger charge is 2.38. The molecule has 0 spiro atoms. The Morgan fingerprint density at radius 2 is 1.79 bits per heavy atom. The van der Waals surface area contributed by atoms with Crippen LogP contribution in [0.2, 0.25) is 0 Å². The first-order chi connectivity index (χ1) is 15.9. The molecule has 2 aliphatic heterocycles. The van der Waals surface area contributed by atoms with E-state index in [2.05, 4.69) is 81.4 Å². The summed E-state index contributed by atoms with van der Waals surface area (Å²) in [5.41, 5.74) is 7.61. The molecule has 180 valence electrons. The van der Waals surface area contributed by atoms with Crippen molar-refractivity contribution in [3.05, 3.63) is 68.7 Å². The van der Waals surface area contributed by atoms with E-state index in [0.717, 1.165) is 42.2 Å². The SMILES string of the molecule is CCN1CCc2cc3c(cc21)C(C)(C)c1cc2c(cc1=C3)C(CS(=O)(=O)O)=CC(C)(C)[N+]=2CC. The Bertz CT molecular complexity index is 1480. The topological polar surface area (TPSA) is 60.6 Å². The van der Waals surface area contributed by atoms with E-state index in [9.17, 15) is 13.0 Å². The molecule has 34 heavy (non-hydrogen) atoms. The Labute approximate surface area is 202 Å². The number of fused-ring (bicyclic) bond motifs is 4. The van der Waals surface area contributed by atoms with E-state index >= 15 is 0 Å². The number of hydrogen-bond donors (Lipinski definition) is 1. The van der Waals surface area contributed by atoms with Crippen molar-refractivity contribution in [3.63, 3.8) is 0 Å². The molecule has 3 aliphatic rings. The van der Waals surface area contributed by atoms with Gasteiger partial charge in [0.15, 0.2) is 5.54 Å². The molecular weight excluding hydrogens is 444 g/mol. The van der Waals surface area contributed by atoms with E-state index in [-0.39, 0.29) is 16.7 Å².